The van der Waals surface area contributed by atoms with Crippen molar-refractivity contribution in [2.24, 2.45) is 0 Å². The van der Waals surface area contributed by atoms with Crippen molar-refractivity contribution < 1.29 is 14.3 Å². The van der Waals surface area contributed by atoms with Crippen LogP contribution in [0.15, 0.2) is 12.3 Å². The van der Waals surface area contributed by atoms with Gasteiger partial charge in [-0.1, -0.05) is 0 Å². The second-order valence-corrected chi connectivity index (χ2v) is 3.07. The molecule has 2 heterocycles. The Bertz CT molecular complexity index is 379. The number of ether oxygens (including phenoxy) is 2. The SMILES string of the molecule is CCOC(=O)c1cnc2c(c1)NCCO2. The molecule has 1 aromatic rings. The molecule has 0 aromatic carbocycles. The van der Waals surface area contributed by atoms with E-state index in [1.807, 2.05) is 0 Å². The summed E-state index contributed by atoms with van der Waals surface area (Å²) in [6, 6.07) is 1.69. The molecule has 5 nitrogen and oxygen atoms in total. The van der Waals surface area contributed by atoms with Gasteiger partial charge in [-0.3, -0.25) is 0 Å². The molecule has 0 aliphatic carbocycles. The molecule has 0 bridgehead atoms. The maximum atomic E-state index is 11.4. The van der Waals surface area contributed by atoms with Gasteiger partial charge in [0, 0.05) is 12.7 Å². The van der Waals surface area contributed by atoms with Gasteiger partial charge in [-0.25, -0.2) is 9.78 Å². The van der Waals surface area contributed by atoms with E-state index in [1.54, 1.807) is 13.0 Å². The minimum atomic E-state index is -0.361. The molecule has 5 heteroatoms. The summed E-state index contributed by atoms with van der Waals surface area (Å²) in [6.45, 7) is 3.45. The fraction of sp³-hybridized carbons (Fsp3) is 0.400. The first-order chi connectivity index (χ1) is 7.31. The van der Waals surface area contributed by atoms with E-state index < -0.39 is 0 Å². The third-order valence-electron chi connectivity index (χ3n) is 2.02. The van der Waals surface area contributed by atoms with Crippen LogP contribution in [0.3, 0.4) is 0 Å². The molecule has 1 N–H and O–H groups in total. The van der Waals surface area contributed by atoms with Crippen LogP contribution < -0.4 is 10.1 Å². The van der Waals surface area contributed by atoms with Crippen molar-refractivity contribution in [2.75, 3.05) is 25.1 Å². The summed E-state index contributed by atoms with van der Waals surface area (Å²) in [6.07, 6.45) is 1.46. The Morgan fingerprint density at radius 3 is 3.40 bits per heavy atom. The number of nitrogens with one attached hydrogen (secondary N) is 1. The Hall–Kier alpha value is -1.78. The average Bonchev–Trinajstić information content (AvgIpc) is 2.29. The predicted octanol–water partition coefficient (Wildman–Crippen LogP) is 1.06. The lowest BCUT2D eigenvalue weighted by Crippen LogP contribution is -2.19. The fourth-order valence-corrected chi connectivity index (χ4v) is 1.35. The van der Waals surface area contributed by atoms with Crippen LogP contribution in [-0.4, -0.2) is 30.7 Å². The summed E-state index contributed by atoms with van der Waals surface area (Å²) in [5, 5.41) is 3.10. The van der Waals surface area contributed by atoms with E-state index in [1.165, 1.54) is 6.20 Å². The highest BCUT2D eigenvalue weighted by Gasteiger charge is 2.14. The van der Waals surface area contributed by atoms with Crippen molar-refractivity contribution in [3.05, 3.63) is 17.8 Å². The van der Waals surface area contributed by atoms with Crippen molar-refractivity contribution in [1.29, 1.82) is 0 Å². The maximum Gasteiger partial charge on any atom is 0.339 e. The minimum Gasteiger partial charge on any atom is -0.474 e. The minimum absolute atomic E-state index is 0.361. The van der Waals surface area contributed by atoms with Gasteiger partial charge in [-0.05, 0) is 13.0 Å². The number of fused-ring (bicyclic) bond motifs is 1. The molecule has 0 unspecified atom stereocenters. The average molecular weight is 208 g/mol. The molecule has 0 fully saturated rings. The maximum absolute atomic E-state index is 11.4. The van der Waals surface area contributed by atoms with Crippen LogP contribution >= 0.6 is 0 Å². The van der Waals surface area contributed by atoms with Gasteiger partial charge in [-0.15, -0.1) is 0 Å². The zero-order valence-corrected chi connectivity index (χ0v) is 8.45. The highest BCUT2D eigenvalue weighted by molar-refractivity contribution is 5.90. The number of nitrogens with zero attached hydrogens (tertiary/aromatic N) is 1. The number of aromatic nitrogens is 1. The smallest absolute Gasteiger partial charge is 0.339 e. The Kier molecular flexibility index (Phi) is 2.71. The van der Waals surface area contributed by atoms with Gasteiger partial charge in [0.2, 0.25) is 5.88 Å². The van der Waals surface area contributed by atoms with Crippen LogP contribution in [-0.2, 0) is 4.74 Å². The van der Waals surface area contributed by atoms with Gasteiger partial charge in [-0.2, -0.15) is 0 Å². The molecule has 0 amide bonds. The van der Waals surface area contributed by atoms with Gasteiger partial charge in [0.1, 0.15) is 6.61 Å². The number of hydrogen-bond donors (Lipinski definition) is 1. The molecule has 0 spiro atoms. The Morgan fingerprint density at radius 2 is 2.60 bits per heavy atom. The van der Waals surface area contributed by atoms with Gasteiger partial charge < -0.3 is 14.8 Å². The number of hydrogen-bond acceptors (Lipinski definition) is 5. The third kappa shape index (κ3) is 2.01. The number of rotatable bonds is 2. The van der Waals surface area contributed by atoms with Crippen LogP contribution in [0.5, 0.6) is 5.88 Å². The Balaban J connectivity index is 2.24. The van der Waals surface area contributed by atoms with Crippen molar-refractivity contribution in [2.45, 2.75) is 6.92 Å². The molecule has 15 heavy (non-hydrogen) atoms. The zero-order valence-electron chi connectivity index (χ0n) is 8.45. The quantitative estimate of drug-likeness (QED) is 0.736. The standard InChI is InChI=1S/C10H12N2O3/c1-2-14-10(13)7-5-8-9(12-6-7)15-4-3-11-8/h5-6,11H,2-4H2,1H3. The van der Waals surface area contributed by atoms with E-state index in [0.29, 0.717) is 24.7 Å². The van der Waals surface area contributed by atoms with E-state index in [2.05, 4.69) is 10.3 Å². The number of carbonyl (C=O) groups is 1. The van der Waals surface area contributed by atoms with Crippen LogP contribution in [0.4, 0.5) is 5.69 Å². The molecule has 2 rings (SSSR count). The Labute approximate surface area is 87.4 Å². The molecular weight excluding hydrogens is 196 g/mol. The molecule has 0 saturated heterocycles. The summed E-state index contributed by atoms with van der Waals surface area (Å²) in [5.74, 6) is 0.175. The van der Waals surface area contributed by atoms with E-state index in [0.717, 1.165) is 12.2 Å². The lowest BCUT2D eigenvalue weighted by atomic mass is 10.2. The molecule has 0 radical (unpaired) electrons. The number of pyridine rings is 1. The Morgan fingerprint density at radius 1 is 1.73 bits per heavy atom. The zero-order chi connectivity index (χ0) is 10.7. The molecule has 0 saturated carbocycles. The molecule has 1 aliphatic rings. The summed E-state index contributed by atoms with van der Waals surface area (Å²) >= 11 is 0. The third-order valence-corrected chi connectivity index (χ3v) is 2.02. The van der Waals surface area contributed by atoms with E-state index in [4.69, 9.17) is 9.47 Å². The topological polar surface area (TPSA) is 60.5 Å². The van der Waals surface area contributed by atoms with Crippen LogP contribution in [0, 0.1) is 0 Å². The fourth-order valence-electron chi connectivity index (χ4n) is 1.35. The first-order valence-electron chi connectivity index (χ1n) is 4.85. The number of anilines is 1. The van der Waals surface area contributed by atoms with E-state index in [-0.39, 0.29) is 5.97 Å². The highest BCUT2D eigenvalue weighted by atomic mass is 16.5. The molecule has 0 atom stereocenters. The second kappa shape index (κ2) is 4.16. The summed E-state index contributed by atoms with van der Waals surface area (Å²) in [5.41, 5.74) is 1.18. The van der Waals surface area contributed by atoms with Crippen LogP contribution in [0.2, 0.25) is 0 Å². The van der Waals surface area contributed by atoms with Crippen molar-refractivity contribution >= 4 is 11.7 Å². The molecule has 80 valence electrons. The second-order valence-electron chi connectivity index (χ2n) is 3.07. The van der Waals surface area contributed by atoms with E-state index in [9.17, 15) is 4.79 Å². The first kappa shape index (κ1) is 9.76. The lowest BCUT2D eigenvalue weighted by Gasteiger charge is -2.17. The van der Waals surface area contributed by atoms with Crippen molar-refractivity contribution in [3.8, 4) is 5.88 Å². The van der Waals surface area contributed by atoms with Crippen molar-refractivity contribution in [3.63, 3.8) is 0 Å². The van der Waals surface area contributed by atoms with Gasteiger partial charge in [0.15, 0.2) is 0 Å². The first-order valence-corrected chi connectivity index (χ1v) is 4.85. The molecule has 1 aromatic heterocycles. The number of carbonyl (C=O) groups excluding carboxylic acids is 1. The van der Waals surface area contributed by atoms with Crippen LogP contribution in [0.25, 0.3) is 0 Å². The predicted molar refractivity (Wildman–Crippen MR) is 54.2 cm³/mol. The normalized spacial score (nSPS) is 13.4. The van der Waals surface area contributed by atoms with Gasteiger partial charge >= 0.3 is 5.97 Å². The highest BCUT2D eigenvalue weighted by Crippen LogP contribution is 2.25. The van der Waals surface area contributed by atoms with Crippen LogP contribution in [0.1, 0.15) is 17.3 Å². The molecule has 1 aliphatic heterocycles. The molecular formula is C10H12N2O3. The summed E-state index contributed by atoms with van der Waals surface area (Å²) in [7, 11) is 0. The number of esters is 1. The lowest BCUT2D eigenvalue weighted by molar-refractivity contribution is 0.0526. The monoisotopic (exact) mass is 208 g/mol. The summed E-state index contributed by atoms with van der Waals surface area (Å²) < 4.78 is 10.2. The largest absolute Gasteiger partial charge is 0.474 e. The van der Waals surface area contributed by atoms with Gasteiger partial charge in [0.05, 0.1) is 17.9 Å². The van der Waals surface area contributed by atoms with E-state index >= 15 is 0 Å². The van der Waals surface area contributed by atoms with Gasteiger partial charge in [0.25, 0.3) is 0 Å². The van der Waals surface area contributed by atoms with Crippen molar-refractivity contribution in [1.82, 2.24) is 4.98 Å². The summed E-state index contributed by atoms with van der Waals surface area (Å²) in [4.78, 5) is 15.4.